The van der Waals surface area contributed by atoms with Gasteiger partial charge in [-0.3, -0.25) is 0 Å². The molecule has 0 N–H and O–H groups in total. The zero-order chi connectivity index (χ0) is 24.1. The molecule has 0 amide bonds. The van der Waals surface area contributed by atoms with Gasteiger partial charge in [0.25, 0.3) is 0 Å². The SMILES string of the molecule is c1ccc2[se]c(-c3cc4cc5c(cc4s3)sc3cc4sc(-c6cc7ccccc7[se]6)cc4cc35)cc2c1. The Hall–Kier alpha value is -2.46. The van der Waals surface area contributed by atoms with Crippen LogP contribution in [0.25, 0.3) is 78.3 Å². The van der Waals surface area contributed by atoms with Gasteiger partial charge in [0.2, 0.25) is 0 Å². The first-order valence-corrected chi connectivity index (χ1v) is 17.9. The van der Waals surface area contributed by atoms with Gasteiger partial charge in [0, 0.05) is 0 Å². The van der Waals surface area contributed by atoms with Crippen LogP contribution in [-0.4, -0.2) is 29.0 Å². The molecule has 0 aliphatic heterocycles. The first kappa shape index (κ1) is 21.5. The summed E-state index contributed by atoms with van der Waals surface area (Å²) >= 11 is 6.67. The first-order chi connectivity index (χ1) is 18.2. The molecule has 0 fully saturated rings. The second-order valence-corrected chi connectivity index (χ2v) is 17.2. The van der Waals surface area contributed by atoms with E-state index in [1.165, 1.54) is 78.3 Å². The predicted molar refractivity (Wildman–Crippen MR) is 170 cm³/mol. The van der Waals surface area contributed by atoms with Crippen LogP contribution in [0.2, 0.25) is 0 Å². The van der Waals surface area contributed by atoms with Crippen molar-refractivity contribution in [3.05, 3.63) is 97.1 Å². The Morgan fingerprint density at radius 1 is 0.405 bits per heavy atom. The number of rotatable bonds is 2. The van der Waals surface area contributed by atoms with Crippen LogP contribution in [0.3, 0.4) is 0 Å². The van der Waals surface area contributed by atoms with Gasteiger partial charge in [-0.15, -0.1) is 0 Å². The van der Waals surface area contributed by atoms with Gasteiger partial charge < -0.3 is 0 Å². The van der Waals surface area contributed by atoms with E-state index in [0.29, 0.717) is 29.0 Å². The van der Waals surface area contributed by atoms with E-state index in [4.69, 9.17) is 0 Å². The Kier molecular flexibility index (Phi) is 4.65. The van der Waals surface area contributed by atoms with E-state index in [9.17, 15) is 0 Å². The number of thiophene rings is 3. The first-order valence-electron chi connectivity index (χ1n) is 12.1. The summed E-state index contributed by atoms with van der Waals surface area (Å²) in [6.45, 7) is 0. The van der Waals surface area contributed by atoms with Gasteiger partial charge in [0.1, 0.15) is 0 Å². The predicted octanol–water partition coefficient (Wildman–Crippen LogP) is 10.2. The van der Waals surface area contributed by atoms with Crippen molar-refractivity contribution in [2.75, 3.05) is 0 Å². The van der Waals surface area contributed by atoms with Crippen molar-refractivity contribution in [3.8, 4) is 18.6 Å². The summed E-state index contributed by atoms with van der Waals surface area (Å²) in [4.78, 5) is 2.87. The van der Waals surface area contributed by atoms with E-state index in [-0.39, 0.29) is 0 Å². The van der Waals surface area contributed by atoms with Crippen molar-refractivity contribution in [1.82, 2.24) is 0 Å². The molecule has 0 bridgehead atoms. The molecule has 0 spiro atoms. The molecule has 5 heteroatoms. The van der Waals surface area contributed by atoms with Gasteiger partial charge in [-0.2, -0.15) is 0 Å². The number of hydrogen-bond donors (Lipinski definition) is 0. The van der Waals surface area contributed by atoms with Crippen molar-refractivity contribution in [2.45, 2.75) is 0 Å². The third kappa shape index (κ3) is 3.37. The zero-order valence-corrected chi connectivity index (χ0v) is 25.2. The molecule has 0 saturated carbocycles. The Balaban J connectivity index is 1.19. The fraction of sp³-hybridized carbons (Fsp3) is 0. The van der Waals surface area contributed by atoms with Crippen LogP contribution < -0.4 is 0 Å². The van der Waals surface area contributed by atoms with Gasteiger partial charge in [-0.25, -0.2) is 0 Å². The van der Waals surface area contributed by atoms with Gasteiger partial charge in [0.15, 0.2) is 0 Å². The van der Waals surface area contributed by atoms with E-state index >= 15 is 0 Å². The molecule has 4 aromatic carbocycles. The Bertz CT molecular complexity index is 2090. The second-order valence-electron chi connectivity index (χ2n) is 9.39. The van der Waals surface area contributed by atoms with Crippen LogP contribution in [0.15, 0.2) is 97.1 Å². The van der Waals surface area contributed by atoms with E-state index < -0.39 is 0 Å². The molecule has 0 unspecified atom stereocenters. The summed E-state index contributed by atoms with van der Waals surface area (Å²) in [6, 6.07) is 37.1. The van der Waals surface area contributed by atoms with Crippen molar-refractivity contribution >= 4 is 123 Å². The monoisotopic (exact) mass is 656 g/mol. The third-order valence-electron chi connectivity index (χ3n) is 7.08. The number of benzene rings is 4. The molecule has 174 valence electrons. The number of fused-ring (bicyclic) bond motifs is 7. The molecule has 0 radical (unpaired) electrons. The molecule has 0 nitrogen and oxygen atoms in total. The van der Waals surface area contributed by atoms with Crippen molar-refractivity contribution in [1.29, 1.82) is 0 Å². The van der Waals surface area contributed by atoms with Crippen LogP contribution in [0, 0.1) is 0 Å². The minimum absolute atomic E-state index is 0.404. The summed E-state index contributed by atoms with van der Waals surface area (Å²) in [5, 5.41) is 8.36. The molecule has 5 heterocycles. The van der Waals surface area contributed by atoms with Crippen LogP contribution in [0.4, 0.5) is 0 Å². The average Bonchev–Trinajstić information content (AvgIpc) is 3.72. The van der Waals surface area contributed by atoms with E-state index in [1.54, 1.807) is 0 Å². The van der Waals surface area contributed by atoms with Gasteiger partial charge in [-0.1, -0.05) is 0 Å². The standard InChI is InChI=1S/C32H16S3Se2/c1-3-7-29-17(5-1)13-31(36-29)27-11-19-9-21-22-10-20-12-28(32-14-18-6-2-4-8-30(18)37-32)34-24(20)16-26(22)35-25(21)15-23(19)33-27/h1-16H. The summed E-state index contributed by atoms with van der Waals surface area (Å²) < 4.78 is 11.7. The van der Waals surface area contributed by atoms with Gasteiger partial charge in [-0.05, 0) is 0 Å². The van der Waals surface area contributed by atoms with Crippen molar-refractivity contribution in [3.63, 3.8) is 0 Å². The topological polar surface area (TPSA) is 0 Å². The molecule has 37 heavy (non-hydrogen) atoms. The van der Waals surface area contributed by atoms with Crippen LogP contribution in [0.1, 0.15) is 0 Å². The Morgan fingerprint density at radius 3 is 1.38 bits per heavy atom. The van der Waals surface area contributed by atoms with E-state index in [1.807, 2.05) is 34.0 Å². The summed E-state index contributed by atoms with van der Waals surface area (Å²) in [5.74, 6) is 0. The quantitative estimate of drug-likeness (QED) is 0.163. The van der Waals surface area contributed by atoms with Crippen molar-refractivity contribution < 1.29 is 0 Å². The van der Waals surface area contributed by atoms with Crippen molar-refractivity contribution in [2.24, 2.45) is 0 Å². The normalized spacial score (nSPS) is 12.3. The zero-order valence-electron chi connectivity index (χ0n) is 19.3. The average molecular weight is 655 g/mol. The molecular formula is C32H16S3Se2. The van der Waals surface area contributed by atoms with Crippen LogP contribution in [0.5, 0.6) is 0 Å². The molecule has 5 aromatic heterocycles. The van der Waals surface area contributed by atoms with Gasteiger partial charge >= 0.3 is 238 Å². The maximum atomic E-state index is 2.44. The second kappa shape index (κ2) is 8.02. The Morgan fingerprint density at radius 2 is 0.892 bits per heavy atom. The van der Waals surface area contributed by atoms with E-state index in [2.05, 4.69) is 97.1 Å². The molecule has 9 aromatic rings. The molecule has 9 rings (SSSR count). The Labute approximate surface area is 236 Å². The minimum atomic E-state index is 0.404. The summed E-state index contributed by atoms with van der Waals surface area (Å²) in [6.07, 6.45) is 0. The van der Waals surface area contributed by atoms with E-state index in [0.717, 1.165) is 0 Å². The molecule has 0 atom stereocenters. The summed E-state index contributed by atoms with van der Waals surface area (Å²) in [5.41, 5.74) is 0. The number of hydrogen-bond acceptors (Lipinski definition) is 3. The molecule has 0 saturated heterocycles. The third-order valence-corrected chi connectivity index (χ3v) is 15.9. The van der Waals surface area contributed by atoms with Gasteiger partial charge in [0.05, 0.1) is 0 Å². The van der Waals surface area contributed by atoms with Crippen LogP contribution >= 0.6 is 34.0 Å². The summed E-state index contributed by atoms with van der Waals surface area (Å²) in [7, 11) is 0. The fourth-order valence-electron chi connectivity index (χ4n) is 5.29. The molecular weight excluding hydrogens is 638 g/mol. The maximum absolute atomic E-state index is 2.44. The van der Waals surface area contributed by atoms with Crippen LogP contribution in [-0.2, 0) is 0 Å². The molecule has 0 aliphatic carbocycles. The fourth-order valence-corrected chi connectivity index (χ4v) is 13.6. The molecule has 0 aliphatic rings.